The van der Waals surface area contributed by atoms with Crippen molar-refractivity contribution in [2.45, 2.75) is 13.2 Å². The van der Waals surface area contributed by atoms with E-state index in [1.54, 1.807) is 13.2 Å². The average molecular weight is 303 g/mol. The van der Waals surface area contributed by atoms with Crippen molar-refractivity contribution >= 4 is 17.2 Å². The van der Waals surface area contributed by atoms with Gasteiger partial charge < -0.3 is 20.3 Å². The normalized spacial score (nSPS) is 10.2. The van der Waals surface area contributed by atoms with Crippen LogP contribution in [0.3, 0.4) is 0 Å². The minimum Gasteiger partial charge on any atom is -0.496 e. The predicted octanol–water partition coefficient (Wildman–Crippen LogP) is 2.40. The van der Waals surface area contributed by atoms with Crippen molar-refractivity contribution in [3.05, 3.63) is 59.2 Å². The summed E-state index contributed by atoms with van der Waals surface area (Å²) in [6.45, 7) is 0.375. The lowest BCUT2D eigenvalue weighted by Crippen LogP contribution is -2.12. The zero-order valence-corrected chi connectivity index (χ0v) is 12.5. The molecule has 0 aliphatic heterocycles. The number of nitrogens with two attached hydrogens (primary N) is 1. The number of methoxy groups -OCH3 is 1. The van der Waals surface area contributed by atoms with Crippen LogP contribution in [-0.4, -0.2) is 17.2 Å². The Kier molecular flexibility index (Phi) is 5.14. The van der Waals surface area contributed by atoms with E-state index in [0.29, 0.717) is 23.7 Å². The number of hydrogen-bond acceptors (Lipinski definition) is 4. The molecular formula is C16H17NO3S. The Hall–Kier alpha value is -2.11. The van der Waals surface area contributed by atoms with Crippen LogP contribution in [0.25, 0.3) is 0 Å². The molecule has 0 atom stereocenters. The summed E-state index contributed by atoms with van der Waals surface area (Å²) in [5.41, 5.74) is 8.13. The molecule has 2 aromatic rings. The molecule has 3 N–H and O–H groups in total. The highest BCUT2D eigenvalue weighted by Crippen LogP contribution is 2.21. The number of aliphatic hydroxyl groups excluding tert-OH is 1. The van der Waals surface area contributed by atoms with E-state index in [2.05, 4.69) is 0 Å². The molecule has 2 aromatic carbocycles. The summed E-state index contributed by atoms with van der Waals surface area (Å²) in [5, 5.41) is 9.10. The van der Waals surface area contributed by atoms with E-state index in [1.165, 1.54) is 0 Å². The molecule has 0 saturated carbocycles. The quantitative estimate of drug-likeness (QED) is 0.802. The summed E-state index contributed by atoms with van der Waals surface area (Å²) in [6, 6.07) is 12.9. The molecule has 0 amide bonds. The maximum Gasteiger partial charge on any atom is 0.129 e. The van der Waals surface area contributed by atoms with Gasteiger partial charge in [-0.1, -0.05) is 30.4 Å². The molecule has 0 radical (unpaired) electrons. The molecule has 0 aliphatic carbocycles. The fourth-order valence-corrected chi connectivity index (χ4v) is 2.10. The van der Waals surface area contributed by atoms with Crippen molar-refractivity contribution < 1.29 is 14.6 Å². The Morgan fingerprint density at radius 1 is 1.19 bits per heavy atom. The average Bonchev–Trinajstić information content (AvgIpc) is 2.52. The molecule has 2 rings (SSSR count). The molecule has 4 nitrogen and oxygen atoms in total. The van der Waals surface area contributed by atoms with Gasteiger partial charge >= 0.3 is 0 Å². The standard InChI is InChI=1S/C16H17NO3S/c1-19-15-6-5-12(8-14(15)16(17)21)10-20-13-4-2-3-11(7-13)9-18/h2-8,18H,9-10H2,1H3,(H2,17,21). The molecule has 110 valence electrons. The maximum absolute atomic E-state index is 9.10. The third-order valence-electron chi connectivity index (χ3n) is 3.02. The fourth-order valence-electron chi connectivity index (χ4n) is 1.94. The Bertz CT molecular complexity index is 643. The van der Waals surface area contributed by atoms with Gasteiger partial charge in [0.15, 0.2) is 0 Å². The number of ether oxygens (including phenoxy) is 2. The molecule has 0 bridgehead atoms. The lowest BCUT2D eigenvalue weighted by atomic mass is 10.1. The van der Waals surface area contributed by atoms with E-state index in [-0.39, 0.29) is 11.6 Å². The zero-order valence-electron chi connectivity index (χ0n) is 11.7. The molecule has 0 unspecified atom stereocenters. The third kappa shape index (κ3) is 3.93. The monoisotopic (exact) mass is 303 g/mol. The molecular weight excluding hydrogens is 286 g/mol. The van der Waals surface area contributed by atoms with E-state index in [4.69, 9.17) is 32.5 Å². The summed E-state index contributed by atoms with van der Waals surface area (Å²) in [6.07, 6.45) is 0. The Balaban J connectivity index is 2.12. The number of aliphatic hydroxyl groups is 1. The van der Waals surface area contributed by atoms with Crippen LogP contribution < -0.4 is 15.2 Å². The van der Waals surface area contributed by atoms with Crippen LogP contribution in [0, 0.1) is 0 Å². The summed E-state index contributed by atoms with van der Waals surface area (Å²) < 4.78 is 10.9. The van der Waals surface area contributed by atoms with Gasteiger partial charge in [0.1, 0.15) is 23.1 Å². The number of hydrogen-bond donors (Lipinski definition) is 2. The fraction of sp³-hybridized carbons (Fsp3) is 0.188. The van der Waals surface area contributed by atoms with Crippen molar-refractivity contribution in [1.29, 1.82) is 0 Å². The van der Waals surface area contributed by atoms with E-state index in [0.717, 1.165) is 11.1 Å². The highest BCUT2D eigenvalue weighted by atomic mass is 32.1. The lowest BCUT2D eigenvalue weighted by Gasteiger charge is -2.11. The second-order valence-corrected chi connectivity index (χ2v) is 4.93. The van der Waals surface area contributed by atoms with E-state index < -0.39 is 0 Å². The van der Waals surface area contributed by atoms with Gasteiger partial charge in [-0.15, -0.1) is 0 Å². The lowest BCUT2D eigenvalue weighted by molar-refractivity contribution is 0.278. The van der Waals surface area contributed by atoms with Gasteiger partial charge in [0, 0.05) is 0 Å². The second kappa shape index (κ2) is 7.06. The number of rotatable bonds is 6. The number of thiocarbonyl (C=S) groups is 1. The van der Waals surface area contributed by atoms with Crippen LogP contribution in [-0.2, 0) is 13.2 Å². The zero-order chi connectivity index (χ0) is 15.2. The molecule has 0 aliphatic rings. The Labute approximate surface area is 129 Å². The molecule has 0 fully saturated rings. The van der Waals surface area contributed by atoms with Crippen molar-refractivity contribution in [2.24, 2.45) is 5.73 Å². The topological polar surface area (TPSA) is 64.7 Å². The Morgan fingerprint density at radius 3 is 2.67 bits per heavy atom. The minimum absolute atomic E-state index is 0.00860. The highest BCUT2D eigenvalue weighted by molar-refractivity contribution is 7.80. The van der Waals surface area contributed by atoms with Crippen molar-refractivity contribution in [1.82, 2.24) is 0 Å². The highest BCUT2D eigenvalue weighted by Gasteiger charge is 2.07. The van der Waals surface area contributed by atoms with Gasteiger partial charge in [-0.2, -0.15) is 0 Å². The SMILES string of the molecule is COc1ccc(COc2cccc(CO)c2)cc1C(N)=S. The van der Waals surface area contributed by atoms with Gasteiger partial charge in [0.05, 0.1) is 19.3 Å². The van der Waals surface area contributed by atoms with Gasteiger partial charge in [-0.05, 0) is 35.4 Å². The molecule has 0 heterocycles. The number of benzene rings is 2. The van der Waals surface area contributed by atoms with Crippen LogP contribution >= 0.6 is 12.2 Å². The first-order valence-corrected chi connectivity index (χ1v) is 6.84. The van der Waals surface area contributed by atoms with Gasteiger partial charge in [0.2, 0.25) is 0 Å². The first-order valence-electron chi connectivity index (χ1n) is 6.43. The molecule has 5 heteroatoms. The van der Waals surface area contributed by atoms with Crippen molar-refractivity contribution in [3.63, 3.8) is 0 Å². The largest absolute Gasteiger partial charge is 0.496 e. The summed E-state index contributed by atoms with van der Waals surface area (Å²) >= 11 is 5.02. The van der Waals surface area contributed by atoms with Crippen LogP contribution in [0.1, 0.15) is 16.7 Å². The van der Waals surface area contributed by atoms with Crippen molar-refractivity contribution in [2.75, 3.05) is 7.11 Å². The smallest absolute Gasteiger partial charge is 0.129 e. The van der Waals surface area contributed by atoms with Crippen LogP contribution in [0.4, 0.5) is 0 Å². The van der Waals surface area contributed by atoms with Crippen LogP contribution in [0.15, 0.2) is 42.5 Å². The first-order chi connectivity index (χ1) is 10.1. The minimum atomic E-state index is -0.00860. The van der Waals surface area contributed by atoms with E-state index in [1.807, 2.05) is 36.4 Å². The summed E-state index contributed by atoms with van der Waals surface area (Å²) in [5.74, 6) is 1.35. The van der Waals surface area contributed by atoms with E-state index >= 15 is 0 Å². The van der Waals surface area contributed by atoms with Gasteiger partial charge in [-0.25, -0.2) is 0 Å². The molecule has 21 heavy (non-hydrogen) atoms. The second-order valence-electron chi connectivity index (χ2n) is 4.49. The van der Waals surface area contributed by atoms with Crippen molar-refractivity contribution in [3.8, 4) is 11.5 Å². The van der Waals surface area contributed by atoms with Crippen LogP contribution in [0.2, 0.25) is 0 Å². The predicted molar refractivity (Wildman–Crippen MR) is 85.6 cm³/mol. The summed E-state index contributed by atoms with van der Waals surface area (Å²) in [7, 11) is 1.58. The Morgan fingerprint density at radius 2 is 2.00 bits per heavy atom. The summed E-state index contributed by atoms with van der Waals surface area (Å²) in [4.78, 5) is 0.288. The molecule has 0 aromatic heterocycles. The first kappa shape index (κ1) is 15.3. The van der Waals surface area contributed by atoms with E-state index in [9.17, 15) is 0 Å². The maximum atomic E-state index is 9.10. The molecule has 0 spiro atoms. The van der Waals surface area contributed by atoms with Gasteiger partial charge in [0.25, 0.3) is 0 Å². The third-order valence-corrected chi connectivity index (χ3v) is 3.24. The van der Waals surface area contributed by atoms with Crippen LogP contribution in [0.5, 0.6) is 11.5 Å². The van der Waals surface area contributed by atoms with Gasteiger partial charge in [-0.3, -0.25) is 0 Å². The molecule has 0 saturated heterocycles.